The molecule has 8 heteroatoms. The molecule has 2 N–H and O–H groups in total. The molecule has 1 aromatic carbocycles. The SMILES string of the molecule is O=C(Nc1cccc(-c2ccn[nH]2)c1)c1cc(N2CCOCC2)ncn1. The van der Waals surface area contributed by atoms with E-state index < -0.39 is 0 Å². The molecule has 1 fully saturated rings. The minimum Gasteiger partial charge on any atom is -0.378 e. The maximum Gasteiger partial charge on any atom is 0.274 e. The Morgan fingerprint density at radius 3 is 2.85 bits per heavy atom. The van der Waals surface area contributed by atoms with Gasteiger partial charge in [0.2, 0.25) is 0 Å². The number of hydrogen-bond acceptors (Lipinski definition) is 6. The minimum atomic E-state index is -0.274. The average Bonchev–Trinajstić information content (AvgIpc) is 3.24. The topological polar surface area (TPSA) is 96.0 Å². The number of hydrogen-bond donors (Lipinski definition) is 2. The lowest BCUT2D eigenvalue weighted by Gasteiger charge is -2.27. The minimum absolute atomic E-state index is 0.274. The van der Waals surface area contributed by atoms with Gasteiger partial charge < -0.3 is 15.0 Å². The smallest absolute Gasteiger partial charge is 0.274 e. The molecule has 0 unspecified atom stereocenters. The standard InChI is InChI=1S/C18H18N6O2/c25-18(16-11-17(20-12-19-16)24-6-8-26-9-7-24)22-14-3-1-2-13(10-14)15-4-5-21-23-15/h1-5,10-12H,6-9H2,(H,21,23)(H,22,25). The highest BCUT2D eigenvalue weighted by Gasteiger charge is 2.15. The number of nitrogens with one attached hydrogen (secondary N) is 2. The lowest BCUT2D eigenvalue weighted by molar-refractivity contribution is 0.102. The quantitative estimate of drug-likeness (QED) is 0.747. The van der Waals surface area contributed by atoms with E-state index >= 15 is 0 Å². The Morgan fingerprint density at radius 1 is 1.15 bits per heavy atom. The summed E-state index contributed by atoms with van der Waals surface area (Å²) in [6.07, 6.45) is 3.11. The van der Waals surface area contributed by atoms with Crippen molar-refractivity contribution in [3.8, 4) is 11.3 Å². The first-order valence-electron chi connectivity index (χ1n) is 8.35. The zero-order chi connectivity index (χ0) is 17.8. The van der Waals surface area contributed by atoms with Crippen LogP contribution >= 0.6 is 0 Å². The van der Waals surface area contributed by atoms with E-state index in [-0.39, 0.29) is 5.91 Å². The van der Waals surface area contributed by atoms with Crippen LogP contribution < -0.4 is 10.2 Å². The van der Waals surface area contributed by atoms with Gasteiger partial charge in [-0.1, -0.05) is 12.1 Å². The summed E-state index contributed by atoms with van der Waals surface area (Å²) >= 11 is 0. The second-order valence-corrected chi connectivity index (χ2v) is 5.87. The number of amides is 1. The Labute approximate surface area is 150 Å². The number of rotatable bonds is 4. The van der Waals surface area contributed by atoms with E-state index in [0.29, 0.717) is 24.6 Å². The predicted octanol–water partition coefficient (Wildman–Crippen LogP) is 1.96. The largest absolute Gasteiger partial charge is 0.378 e. The number of carbonyl (C=O) groups is 1. The van der Waals surface area contributed by atoms with Crippen molar-refractivity contribution in [2.24, 2.45) is 0 Å². The monoisotopic (exact) mass is 350 g/mol. The fourth-order valence-electron chi connectivity index (χ4n) is 2.81. The number of benzene rings is 1. The Bertz CT molecular complexity index is 890. The summed E-state index contributed by atoms with van der Waals surface area (Å²) in [6.45, 7) is 2.83. The number of ether oxygens (including phenoxy) is 1. The summed E-state index contributed by atoms with van der Waals surface area (Å²) in [7, 11) is 0. The molecule has 0 spiro atoms. The second kappa shape index (κ2) is 7.32. The van der Waals surface area contributed by atoms with E-state index in [1.165, 1.54) is 6.33 Å². The molecule has 1 aliphatic heterocycles. The first kappa shape index (κ1) is 16.2. The highest BCUT2D eigenvalue weighted by molar-refractivity contribution is 6.03. The maximum absolute atomic E-state index is 12.6. The number of aromatic nitrogens is 4. The summed E-state index contributed by atoms with van der Waals surface area (Å²) in [4.78, 5) is 23.0. The Morgan fingerprint density at radius 2 is 2.04 bits per heavy atom. The molecule has 0 atom stereocenters. The number of carbonyl (C=O) groups excluding carboxylic acids is 1. The molecule has 2 aromatic heterocycles. The lowest BCUT2D eigenvalue weighted by Crippen LogP contribution is -2.37. The van der Waals surface area contributed by atoms with E-state index in [4.69, 9.17) is 4.74 Å². The van der Waals surface area contributed by atoms with Crippen LogP contribution in [0.3, 0.4) is 0 Å². The third-order valence-electron chi connectivity index (χ3n) is 4.15. The van der Waals surface area contributed by atoms with E-state index in [9.17, 15) is 4.79 Å². The highest BCUT2D eigenvalue weighted by atomic mass is 16.5. The molecule has 1 saturated heterocycles. The van der Waals surface area contributed by atoms with Crippen molar-refractivity contribution in [2.45, 2.75) is 0 Å². The van der Waals surface area contributed by atoms with Gasteiger partial charge in [-0.3, -0.25) is 9.89 Å². The van der Waals surface area contributed by atoms with Crippen LogP contribution in [0.2, 0.25) is 0 Å². The van der Waals surface area contributed by atoms with Crippen LogP contribution in [0.5, 0.6) is 0 Å². The van der Waals surface area contributed by atoms with Crippen molar-refractivity contribution in [2.75, 3.05) is 36.5 Å². The highest BCUT2D eigenvalue weighted by Crippen LogP contribution is 2.21. The van der Waals surface area contributed by atoms with Crippen LogP contribution in [0.4, 0.5) is 11.5 Å². The van der Waals surface area contributed by atoms with Crippen molar-refractivity contribution in [3.05, 3.63) is 54.6 Å². The number of H-pyrrole nitrogens is 1. The third-order valence-corrected chi connectivity index (χ3v) is 4.15. The van der Waals surface area contributed by atoms with Gasteiger partial charge in [-0.15, -0.1) is 0 Å². The number of nitrogens with zero attached hydrogens (tertiary/aromatic N) is 4. The Balaban J connectivity index is 1.51. The van der Waals surface area contributed by atoms with Gasteiger partial charge in [0.15, 0.2) is 0 Å². The van der Waals surface area contributed by atoms with Crippen molar-refractivity contribution < 1.29 is 9.53 Å². The lowest BCUT2D eigenvalue weighted by atomic mass is 10.1. The zero-order valence-electron chi connectivity index (χ0n) is 14.1. The molecule has 132 valence electrons. The molecule has 0 bridgehead atoms. The van der Waals surface area contributed by atoms with Crippen LogP contribution in [0.1, 0.15) is 10.5 Å². The molecular weight excluding hydrogens is 332 g/mol. The number of anilines is 2. The Hall–Kier alpha value is -3.26. The molecule has 0 saturated carbocycles. The van der Waals surface area contributed by atoms with Gasteiger partial charge in [0.25, 0.3) is 5.91 Å². The van der Waals surface area contributed by atoms with Crippen molar-refractivity contribution >= 4 is 17.4 Å². The van der Waals surface area contributed by atoms with Gasteiger partial charge in [-0.2, -0.15) is 5.10 Å². The van der Waals surface area contributed by atoms with E-state index in [1.54, 1.807) is 12.3 Å². The fourth-order valence-corrected chi connectivity index (χ4v) is 2.81. The van der Waals surface area contributed by atoms with Gasteiger partial charge in [0.05, 0.1) is 18.9 Å². The van der Waals surface area contributed by atoms with Gasteiger partial charge in [-0.25, -0.2) is 9.97 Å². The van der Waals surface area contributed by atoms with E-state index in [0.717, 1.165) is 30.2 Å². The normalized spacial score (nSPS) is 14.2. The Kier molecular flexibility index (Phi) is 4.57. The molecule has 3 heterocycles. The van der Waals surface area contributed by atoms with E-state index in [2.05, 4.69) is 30.4 Å². The molecule has 3 aromatic rings. The second-order valence-electron chi connectivity index (χ2n) is 5.87. The van der Waals surface area contributed by atoms with E-state index in [1.807, 2.05) is 30.3 Å². The van der Waals surface area contributed by atoms with Crippen molar-refractivity contribution in [1.82, 2.24) is 20.2 Å². The predicted molar refractivity (Wildman–Crippen MR) is 97.0 cm³/mol. The van der Waals surface area contributed by atoms with Crippen LogP contribution in [0.15, 0.2) is 48.9 Å². The first-order chi connectivity index (χ1) is 12.8. The van der Waals surface area contributed by atoms with Crippen LogP contribution in [-0.2, 0) is 4.74 Å². The van der Waals surface area contributed by atoms with Gasteiger partial charge in [-0.05, 0) is 18.2 Å². The summed E-state index contributed by atoms with van der Waals surface area (Å²) < 4.78 is 5.35. The zero-order valence-corrected chi connectivity index (χ0v) is 14.1. The molecule has 0 radical (unpaired) electrons. The summed E-state index contributed by atoms with van der Waals surface area (Å²) in [5.41, 5.74) is 2.84. The van der Waals surface area contributed by atoms with Crippen molar-refractivity contribution in [1.29, 1.82) is 0 Å². The first-order valence-corrected chi connectivity index (χ1v) is 8.35. The molecule has 8 nitrogen and oxygen atoms in total. The van der Waals surface area contributed by atoms with Crippen LogP contribution in [-0.4, -0.2) is 52.4 Å². The summed E-state index contributed by atoms with van der Waals surface area (Å²) in [5, 5.41) is 9.74. The molecular formula is C18H18N6O2. The van der Waals surface area contributed by atoms with Crippen LogP contribution in [0, 0.1) is 0 Å². The van der Waals surface area contributed by atoms with Gasteiger partial charge in [0, 0.05) is 36.6 Å². The third kappa shape index (κ3) is 3.55. The van der Waals surface area contributed by atoms with Crippen molar-refractivity contribution in [3.63, 3.8) is 0 Å². The number of morpholine rings is 1. The molecule has 0 aliphatic carbocycles. The van der Waals surface area contributed by atoms with Crippen LogP contribution in [0.25, 0.3) is 11.3 Å². The maximum atomic E-state index is 12.6. The van der Waals surface area contributed by atoms with Gasteiger partial charge >= 0.3 is 0 Å². The molecule has 1 aliphatic rings. The van der Waals surface area contributed by atoms with Gasteiger partial charge in [0.1, 0.15) is 17.8 Å². The average molecular weight is 350 g/mol. The number of aromatic amines is 1. The molecule has 1 amide bonds. The summed E-state index contributed by atoms with van der Waals surface area (Å²) in [5.74, 6) is 0.461. The molecule has 4 rings (SSSR count). The molecule has 26 heavy (non-hydrogen) atoms. The fraction of sp³-hybridized carbons (Fsp3) is 0.222. The summed E-state index contributed by atoms with van der Waals surface area (Å²) in [6, 6.07) is 11.1.